The van der Waals surface area contributed by atoms with Crippen molar-refractivity contribution in [3.8, 4) is 0 Å². The van der Waals surface area contributed by atoms with Crippen molar-refractivity contribution < 1.29 is 0 Å². The average molecular weight is 163 g/mol. The third kappa shape index (κ3) is 1.61. The summed E-state index contributed by atoms with van der Waals surface area (Å²) in [6.07, 6.45) is 1.21. The van der Waals surface area contributed by atoms with E-state index in [4.69, 9.17) is 11.1 Å². The zero-order chi connectivity index (χ0) is 9.14. The minimum Gasteiger partial charge on any atom is -0.383 e. The molecule has 0 saturated heterocycles. The van der Waals surface area contributed by atoms with E-state index in [1.807, 2.05) is 12.1 Å². The molecule has 0 aliphatic rings. The van der Waals surface area contributed by atoms with Gasteiger partial charge >= 0.3 is 0 Å². The van der Waals surface area contributed by atoms with Gasteiger partial charge in [-0.25, -0.2) is 4.98 Å². The second kappa shape index (κ2) is 3.34. The summed E-state index contributed by atoms with van der Waals surface area (Å²) in [7, 11) is 0. The summed E-state index contributed by atoms with van der Waals surface area (Å²) >= 11 is 0. The van der Waals surface area contributed by atoms with Gasteiger partial charge in [-0.1, -0.05) is 13.8 Å². The lowest BCUT2D eigenvalue weighted by Gasteiger charge is -2.05. The van der Waals surface area contributed by atoms with E-state index in [2.05, 4.69) is 18.8 Å². The van der Waals surface area contributed by atoms with Gasteiger partial charge in [-0.3, -0.25) is 0 Å². The summed E-state index contributed by atoms with van der Waals surface area (Å²) in [5.74, 6) is 0.822. The van der Waals surface area contributed by atoms with Gasteiger partial charge in [0, 0.05) is 17.5 Å². The number of hydrogen-bond acceptors (Lipinski definition) is 3. The van der Waals surface area contributed by atoms with Gasteiger partial charge in [-0.2, -0.15) is 0 Å². The lowest BCUT2D eigenvalue weighted by Crippen LogP contribution is -2.01. The van der Waals surface area contributed by atoms with Crippen LogP contribution in [0.15, 0.2) is 12.1 Å². The van der Waals surface area contributed by atoms with Crippen molar-refractivity contribution in [2.45, 2.75) is 19.8 Å². The SMILES string of the molecule is CC(C)c1ccc(C=N)c(N)n1. The molecule has 0 fully saturated rings. The fourth-order valence-corrected chi connectivity index (χ4v) is 0.945. The largest absolute Gasteiger partial charge is 0.383 e. The molecule has 1 aromatic rings. The number of nitrogen functional groups attached to an aromatic ring is 1. The van der Waals surface area contributed by atoms with E-state index in [0.29, 0.717) is 17.3 Å². The highest BCUT2D eigenvalue weighted by Gasteiger charge is 2.02. The number of anilines is 1. The molecular formula is C9H13N3. The van der Waals surface area contributed by atoms with Crippen molar-refractivity contribution in [2.75, 3.05) is 5.73 Å². The Hall–Kier alpha value is -1.38. The van der Waals surface area contributed by atoms with Crippen molar-refractivity contribution >= 4 is 12.0 Å². The first-order valence-corrected chi connectivity index (χ1v) is 3.92. The molecule has 0 saturated carbocycles. The first-order valence-electron chi connectivity index (χ1n) is 3.92. The van der Waals surface area contributed by atoms with Crippen LogP contribution in [0, 0.1) is 5.41 Å². The number of nitrogens with two attached hydrogens (primary N) is 1. The minimum absolute atomic E-state index is 0.382. The Labute approximate surface area is 72.1 Å². The molecule has 3 heteroatoms. The summed E-state index contributed by atoms with van der Waals surface area (Å²) < 4.78 is 0. The maximum atomic E-state index is 7.02. The number of aromatic nitrogens is 1. The van der Waals surface area contributed by atoms with E-state index in [-0.39, 0.29) is 0 Å². The third-order valence-corrected chi connectivity index (χ3v) is 1.73. The lowest BCUT2D eigenvalue weighted by atomic mass is 10.1. The van der Waals surface area contributed by atoms with E-state index >= 15 is 0 Å². The van der Waals surface area contributed by atoms with Gasteiger partial charge in [-0.05, 0) is 18.1 Å². The van der Waals surface area contributed by atoms with Crippen LogP contribution in [-0.4, -0.2) is 11.2 Å². The van der Waals surface area contributed by atoms with Gasteiger partial charge in [0.25, 0.3) is 0 Å². The molecular weight excluding hydrogens is 150 g/mol. The van der Waals surface area contributed by atoms with Crippen LogP contribution in [0.4, 0.5) is 5.82 Å². The van der Waals surface area contributed by atoms with Crippen LogP contribution in [-0.2, 0) is 0 Å². The highest BCUT2D eigenvalue weighted by atomic mass is 14.8. The van der Waals surface area contributed by atoms with E-state index in [1.54, 1.807) is 0 Å². The molecule has 0 radical (unpaired) electrons. The van der Waals surface area contributed by atoms with E-state index in [0.717, 1.165) is 5.69 Å². The van der Waals surface area contributed by atoms with Gasteiger partial charge < -0.3 is 11.1 Å². The predicted octanol–water partition coefficient (Wildman–Crippen LogP) is 1.78. The summed E-state index contributed by atoms with van der Waals surface area (Å²) in [6.45, 7) is 4.12. The van der Waals surface area contributed by atoms with Crippen LogP contribution in [0.5, 0.6) is 0 Å². The molecule has 12 heavy (non-hydrogen) atoms. The Morgan fingerprint density at radius 2 is 2.17 bits per heavy atom. The second-order valence-electron chi connectivity index (χ2n) is 3.01. The summed E-state index contributed by atoms with van der Waals surface area (Å²) in [5, 5.41) is 7.02. The Morgan fingerprint density at radius 3 is 2.58 bits per heavy atom. The maximum absolute atomic E-state index is 7.02. The Bertz CT molecular complexity index is 292. The van der Waals surface area contributed by atoms with Gasteiger partial charge in [0.15, 0.2) is 0 Å². The predicted molar refractivity (Wildman–Crippen MR) is 50.6 cm³/mol. The van der Waals surface area contributed by atoms with Crippen LogP contribution in [0.1, 0.15) is 31.0 Å². The molecule has 1 heterocycles. The van der Waals surface area contributed by atoms with Crippen LogP contribution in [0.3, 0.4) is 0 Å². The standard InChI is InChI=1S/C9H13N3/c1-6(2)8-4-3-7(5-10)9(11)12-8/h3-6,10H,1-2H3,(H2,11,12). The first kappa shape index (κ1) is 8.71. The van der Waals surface area contributed by atoms with Crippen LogP contribution in [0.2, 0.25) is 0 Å². The van der Waals surface area contributed by atoms with Crippen molar-refractivity contribution in [1.29, 1.82) is 5.41 Å². The number of nitrogens with one attached hydrogen (secondary N) is 1. The number of hydrogen-bond donors (Lipinski definition) is 2. The molecule has 0 aromatic carbocycles. The molecule has 3 N–H and O–H groups in total. The van der Waals surface area contributed by atoms with E-state index in [9.17, 15) is 0 Å². The highest BCUT2D eigenvalue weighted by molar-refractivity contribution is 5.83. The number of rotatable bonds is 2. The van der Waals surface area contributed by atoms with Crippen LogP contribution >= 0.6 is 0 Å². The Balaban J connectivity index is 3.10. The number of nitrogens with zero attached hydrogens (tertiary/aromatic N) is 1. The molecule has 0 amide bonds. The van der Waals surface area contributed by atoms with Gasteiger partial charge in [-0.15, -0.1) is 0 Å². The van der Waals surface area contributed by atoms with Gasteiger partial charge in [0.05, 0.1) is 0 Å². The molecule has 3 nitrogen and oxygen atoms in total. The lowest BCUT2D eigenvalue weighted by molar-refractivity contribution is 0.825. The second-order valence-corrected chi connectivity index (χ2v) is 3.01. The van der Waals surface area contributed by atoms with Gasteiger partial charge in [0.2, 0.25) is 0 Å². The van der Waals surface area contributed by atoms with E-state index in [1.165, 1.54) is 6.21 Å². The summed E-state index contributed by atoms with van der Waals surface area (Å²) in [5.41, 5.74) is 7.26. The Kier molecular flexibility index (Phi) is 2.43. The molecule has 0 atom stereocenters. The third-order valence-electron chi connectivity index (χ3n) is 1.73. The highest BCUT2D eigenvalue weighted by Crippen LogP contribution is 2.14. The smallest absolute Gasteiger partial charge is 0.132 e. The molecule has 64 valence electrons. The molecule has 1 rings (SSSR count). The van der Waals surface area contributed by atoms with Crippen LogP contribution < -0.4 is 5.73 Å². The monoisotopic (exact) mass is 163 g/mol. The van der Waals surface area contributed by atoms with Crippen molar-refractivity contribution in [3.63, 3.8) is 0 Å². The minimum atomic E-state index is 0.382. The molecule has 0 bridgehead atoms. The molecule has 0 spiro atoms. The molecule has 0 unspecified atom stereocenters. The molecule has 1 aromatic heterocycles. The molecule has 0 aliphatic heterocycles. The number of pyridine rings is 1. The maximum Gasteiger partial charge on any atom is 0.132 e. The fraction of sp³-hybridized carbons (Fsp3) is 0.333. The fourth-order valence-electron chi connectivity index (χ4n) is 0.945. The topological polar surface area (TPSA) is 62.8 Å². The quantitative estimate of drug-likeness (QED) is 0.653. The Morgan fingerprint density at radius 1 is 1.50 bits per heavy atom. The first-order chi connectivity index (χ1) is 5.65. The summed E-state index contributed by atoms with van der Waals surface area (Å²) in [4.78, 5) is 4.17. The average Bonchev–Trinajstić information content (AvgIpc) is 2.04. The van der Waals surface area contributed by atoms with Crippen molar-refractivity contribution in [3.05, 3.63) is 23.4 Å². The van der Waals surface area contributed by atoms with Crippen molar-refractivity contribution in [1.82, 2.24) is 4.98 Å². The van der Waals surface area contributed by atoms with Gasteiger partial charge in [0.1, 0.15) is 5.82 Å². The summed E-state index contributed by atoms with van der Waals surface area (Å²) in [6, 6.07) is 3.73. The normalized spacial score (nSPS) is 10.2. The van der Waals surface area contributed by atoms with E-state index < -0.39 is 0 Å². The zero-order valence-corrected chi connectivity index (χ0v) is 7.33. The molecule has 0 aliphatic carbocycles. The zero-order valence-electron chi connectivity index (χ0n) is 7.33. The van der Waals surface area contributed by atoms with Crippen molar-refractivity contribution in [2.24, 2.45) is 0 Å². The van der Waals surface area contributed by atoms with Crippen LogP contribution in [0.25, 0.3) is 0 Å².